The van der Waals surface area contributed by atoms with Crippen LogP contribution in [0.3, 0.4) is 0 Å². The lowest BCUT2D eigenvalue weighted by Crippen LogP contribution is -2.23. The molecule has 0 aliphatic heterocycles. The second-order valence-corrected chi connectivity index (χ2v) is 5.71. The Morgan fingerprint density at radius 2 is 1.58 bits per heavy atom. The molecule has 0 radical (unpaired) electrons. The molecule has 130 valence electrons. The van der Waals surface area contributed by atoms with Gasteiger partial charge in [-0.15, -0.1) is 0 Å². The molecule has 6 heteroatoms. The number of aromatic nitrogens is 1. The van der Waals surface area contributed by atoms with Crippen molar-refractivity contribution in [2.75, 3.05) is 5.32 Å². The average molecular weight is 350 g/mol. The van der Waals surface area contributed by atoms with Gasteiger partial charge in [-0.1, -0.05) is 0 Å². The van der Waals surface area contributed by atoms with E-state index in [1.54, 1.807) is 30.3 Å². The van der Waals surface area contributed by atoms with Crippen LogP contribution in [-0.2, 0) is 0 Å². The molecular formula is C20H15FN2O3. The summed E-state index contributed by atoms with van der Waals surface area (Å²) >= 11 is 0. The van der Waals surface area contributed by atoms with Crippen LogP contribution >= 0.6 is 0 Å². The number of carbonyl (C=O) groups excluding carboxylic acids is 2. The fourth-order valence-electron chi connectivity index (χ4n) is 2.44. The lowest BCUT2D eigenvalue weighted by atomic mass is 10.1. The molecule has 0 saturated heterocycles. The van der Waals surface area contributed by atoms with Crippen LogP contribution in [0, 0.1) is 5.82 Å². The number of halogens is 1. The molecule has 2 N–H and O–H groups in total. The van der Waals surface area contributed by atoms with Gasteiger partial charge >= 0.3 is 0 Å². The van der Waals surface area contributed by atoms with Crippen LogP contribution in [0.25, 0.3) is 11.3 Å². The Labute approximate surface area is 148 Å². The van der Waals surface area contributed by atoms with E-state index in [4.69, 9.17) is 0 Å². The highest BCUT2D eigenvalue weighted by molar-refractivity contribution is 6.04. The maximum atomic E-state index is 13.0. The van der Waals surface area contributed by atoms with Gasteiger partial charge in [-0.25, -0.2) is 4.39 Å². The van der Waals surface area contributed by atoms with Crippen LogP contribution in [0.1, 0.15) is 27.6 Å². The Balaban J connectivity index is 1.80. The number of hydrogen-bond acceptors (Lipinski definition) is 3. The predicted octanol–water partition coefficient (Wildman–Crippen LogP) is 3.64. The number of ketones is 1. The van der Waals surface area contributed by atoms with Crippen molar-refractivity contribution < 1.29 is 14.0 Å². The van der Waals surface area contributed by atoms with Gasteiger partial charge in [0.25, 0.3) is 11.5 Å². The Kier molecular flexibility index (Phi) is 4.75. The lowest BCUT2D eigenvalue weighted by molar-refractivity contribution is 0.101. The molecule has 5 nitrogen and oxygen atoms in total. The van der Waals surface area contributed by atoms with E-state index in [2.05, 4.69) is 10.3 Å². The second-order valence-electron chi connectivity index (χ2n) is 5.71. The number of pyridine rings is 1. The van der Waals surface area contributed by atoms with Gasteiger partial charge in [0.15, 0.2) is 5.78 Å². The molecule has 1 heterocycles. The van der Waals surface area contributed by atoms with Crippen molar-refractivity contribution in [3.8, 4) is 11.3 Å². The van der Waals surface area contributed by atoms with Crippen LogP contribution < -0.4 is 10.9 Å². The van der Waals surface area contributed by atoms with E-state index in [0.717, 1.165) is 0 Å². The number of aromatic amines is 1. The van der Waals surface area contributed by atoms with E-state index < -0.39 is 11.5 Å². The number of hydrogen-bond donors (Lipinski definition) is 2. The third-order valence-corrected chi connectivity index (χ3v) is 3.86. The van der Waals surface area contributed by atoms with Crippen molar-refractivity contribution in [1.29, 1.82) is 0 Å². The van der Waals surface area contributed by atoms with E-state index in [9.17, 15) is 18.8 Å². The fourth-order valence-corrected chi connectivity index (χ4v) is 2.44. The number of nitrogens with one attached hydrogen (secondary N) is 2. The van der Waals surface area contributed by atoms with Crippen LogP contribution in [0.5, 0.6) is 0 Å². The summed E-state index contributed by atoms with van der Waals surface area (Å²) in [6, 6.07) is 15.0. The van der Waals surface area contributed by atoms with Crippen molar-refractivity contribution in [2.24, 2.45) is 0 Å². The van der Waals surface area contributed by atoms with Gasteiger partial charge in [0, 0.05) is 16.9 Å². The van der Waals surface area contributed by atoms with Gasteiger partial charge in [0.2, 0.25) is 0 Å². The summed E-state index contributed by atoms with van der Waals surface area (Å²) in [6.45, 7) is 1.45. The second kappa shape index (κ2) is 7.14. The summed E-state index contributed by atoms with van der Waals surface area (Å²) in [7, 11) is 0. The molecule has 0 atom stereocenters. The Bertz CT molecular complexity index is 1020. The third kappa shape index (κ3) is 3.75. The molecule has 0 fully saturated rings. The van der Waals surface area contributed by atoms with E-state index in [1.165, 1.54) is 37.3 Å². The van der Waals surface area contributed by atoms with E-state index in [1.807, 2.05) is 0 Å². The first-order valence-corrected chi connectivity index (χ1v) is 7.85. The summed E-state index contributed by atoms with van der Waals surface area (Å²) in [5.74, 6) is -1.01. The number of amides is 1. The number of carbonyl (C=O) groups is 2. The molecule has 0 saturated carbocycles. The minimum Gasteiger partial charge on any atom is -0.322 e. The number of benzene rings is 2. The fraction of sp³-hybridized carbons (Fsp3) is 0.0500. The smallest absolute Gasteiger partial charge is 0.261 e. The number of H-pyrrole nitrogens is 1. The zero-order chi connectivity index (χ0) is 18.7. The van der Waals surface area contributed by atoms with Gasteiger partial charge in [-0.2, -0.15) is 0 Å². The molecule has 1 aromatic heterocycles. The summed E-state index contributed by atoms with van der Waals surface area (Å²) < 4.78 is 13.0. The van der Waals surface area contributed by atoms with Crippen molar-refractivity contribution >= 4 is 17.4 Å². The first kappa shape index (κ1) is 17.3. The predicted molar refractivity (Wildman–Crippen MR) is 96.9 cm³/mol. The van der Waals surface area contributed by atoms with Crippen molar-refractivity contribution in [1.82, 2.24) is 4.98 Å². The molecule has 1 amide bonds. The molecule has 0 unspecified atom stereocenters. The van der Waals surface area contributed by atoms with Crippen LogP contribution in [0.15, 0.2) is 65.5 Å². The number of rotatable bonds is 4. The molecule has 26 heavy (non-hydrogen) atoms. The highest BCUT2D eigenvalue weighted by Gasteiger charge is 2.12. The monoisotopic (exact) mass is 350 g/mol. The first-order chi connectivity index (χ1) is 12.4. The minimum atomic E-state index is -0.563. The molecule has 0 bridgehead atoms. The van der Waals surface area contributed by atoms with Crippen molar-refractivity contribution in [3.05, 3.63) is 88.0 Å². The summed E-state index contributed by atoms with van der Waals surface area (Å²) in [5.41, 5.74) is 1.52. The molecule has 3 aromatic rings. The normalized spacial score (nSPS) is 10.4. The van der Waals surface area contributed by atoms with Gasteiger partial charge < -0.3 is 10.3 Å². The molecular weight excluding hydrogens is 335 g/mol. The van der Waals surface area contributed by atoms with Gasteiger partial charge in [0.1, 0.15) is 11.4 Å². The first-order valence-electron chi connectivity index (χ1n) is 7.85. The summed E-state index contributed by atoms with van der Waals surface area (Å²) in [5, 5.41) is 2.61. The Morgan fingerprint density at radius 1 is 0.923 bits per heavy atom. The van der Waals surface area contributed by atoms with E-state index >= 15 is 0 Å². The quantitative estimate of drug-likeness (QED) is 0.705. The molecule has 3 rings (SSSR count). The zero-order valence-electron chi connectivity index (χ0n) is 13.9. The van der Waals surface area contributed by atoms with Crippen molar-refractivity contribution in [3.63, 3.8) is 0 Å². The zero-order valence-corrected chi connectivity index (χ0v) is 13.9. The summed E-state index contributed by atoms with van der Waals surface area (Å²) in [4.78, 5) is 38.4. The maximum Gasteiger partial charge on any atom is 0.261 e. The Morgan fingerprint density at radius 3 is 2.15 bits per heavy atom. The highest BCUT2D eigenvalue weighted by Crippen LogP contribution is 2.16. The van der Waals surface area contributed by atoms with Crippen LogP contribution in [-0.4, -0.2) is 16.7 Å². The highest BCUT2D eigenvalue weighted by atomic mass is 19.1. The van der Waals surface area contributed by atoms with E-state index in [-0.39, 0.29) is 17.2 Å². The average Bonchev–Trinajstić information content (AvgIpc) is 2.62. The molecule has 0 aliphatic rings. The molecule has 2 aromatic carbocycles. The van der Waals surface area contributed by atoms with Crippen LogP contribution in [0.2, 0.25) is 0 Å². The van der Waals surface area contributed by atoms with Gasteiger partial charge in [-0.05, 0) is 73.2 Å². The topological polar surface area (TPSA) is 79.0 Å². The van der Waals surface area contributed by atoms with Gasteiger partial charge in [-0.3, -0.25) is 14.4 Å². The largest absolute Gasteiger partial charge is 0.322 e. The molecule has 0 aliphatic carbocycles. The molecule has 0 spiro atoms. The minimum absolute atomic E-state index is 0.0495. The standard InChI is InChI=1S/C20H15FN2O3/c1-12(24)13-4-8-16(9-5-13)22-19(25)17-10-11-18(23-20(17)26)14-2-6-15(21)7-3-14/h2-11H,1H3,(H,22,25)(H,23,26). The van der Waals surface area contributed by atoms with Crippen molar-refractivity contribution in [2.45, 2.75) is 6.92 Å². The summed E-state index contributed by atoms with van der Waals surface area (Å²) in [6.07, 6.45) is 0. The third-order valence-electron chi connectivity index (χ3n) is 3.86. The number of Topliss-reactive ketones (excluding diaryl/α,β-unsaturated/α-hetero) is 1. The SMILES string of the molecule is CC(=O)c1ccc(NC(=O)c2ccc(-c3ccc(F)cc3)[nH]c2=O)cc1. The Hall–Kier alpha value is -3.54. The maximum absolute atomic E-state index is 13.0. The number of anilines is 1. The lowest BCUT2D eigenvalue weighted by Gasteiger charge is -2.07. The van der Waals surface area contributed by atoms with E-state index in [0.29, 0.717) is 22.5 Å². The van der Waals surface area contributed by atoms with Crippen LogP contribution in [0.4, 0.5) is 10.1 Å². The van der Waals surface area contributed by atoms with Gasteiger partial charge in [0.05, 0.1) is 0 Å².